The summed E-state index contributed by atoms with van der Waals surface area (Å²) in [6, 6.07) is 7.45. The molecular formula is C15H24N4. The van der Waals surface area contributed by atoms with Crippen molar-refractivity contribution in [3.05, 3.63) is 23.9 Å². The maximum absolute atomic E-state index is 5.70. The summed E-state index contributed by atoms with van der Waals surface area (Å²) in [5.74, 6) is 1.10. The van der Waals surface area contributed by atoms with E-state index in [4.69, 9.17) is 5.73 Å². The number of aromatic nitrogens is 1. The first-order chi connectivity index (χ1) is 9.28. The highest BCUT2D eigenvalue weighted by atomic mass is 15.3. The third-order valence-corrected chi connectivity index (χ3v) is 4.48. The Labute approximate surface area is 115 Å². The van der Waals surface area contributed by atoms with E-state index in [1.165, 1.54) is 32.4 Å². The lowest BCUT2D eigenvalue weighted by Crippen LogP contribution is -2.59. The van der Waals surface area contributed by atoms with Crippen molar-refractivity contribution in [3.8, 4) is 0 Å². The van der Waals surface area contributed by atoms with E-state index in [1.54, 1.807) is 0 Å². The van der Waals surface area contributed by atoms with E-state index >= 15 is 0 Å². The predicted molar refractivity (Wildman–Crippen MR) is 78.1 cm³/mol. The summed E-state index contributed by atoms with van der Waals surface area (Å²) in [7, 11) is 0. The number of piperazine rings is 1. The van der Waals surface area contributed by atoms with Crippen LogP contribution in [0.1, 0.15) is 31.9 Å². The number of anilines is 1. The third-order valence-electron chi connectivity index (χ3n) is 4.48. The second-order valence-corrected chi connectivity index (χ2v) is 5.84. The fourth-order valence-corrected chi connectivity index (χ4v) is 3.41. The Bertz CT molecular complexity index is 434. The van der Waals surface area contributed by atoms with Crippen LogP contribution in [0, 0.1) is 0 Å². The minimum Gasteiger partial charge on any atom is -0.351 e. The molecule has 3 rings (SSSR count). The summed E-state index contributed by atoms with van der Waals surface area (Å²) in [6.07, 6.45) is 4.07. The van der Waals surface area contributed by atoms with Gasteiger partial charge in [-0.25, -0.2) is 4.98 Å². The molecule has 2 fully saturated rings. The van der Waals surface area contributed by atoms with Gasteiger partial charge in [0.1, 0.15) is 5.82 Å². The number of nitrogens with two attached hydrogens (primary N) is 1. The standard InChI is InChI=1S/C15H24N4/c1-12-10-18-8-3-2-6-14(18)11-19(12)15-7-4-5-13(9-16)17-15/h4-5,7,12,14H,2-3,6,8-11,16H2,1H3. The number of pyridine rings is 1. The zero-order valence-corrected chi connectivity index (χ0v) is 11.8. The molecule has 3 heterocycles. The molecule has 2 N–H and O–H groups in total. The highest BCUT2D eigenvalue weighted by Gasteiger charge is 2.33. The molecular weight excluding hydrogens is 236 g/mol. The highest BCUT2D eigenvalue weighted by molar-refractivity contribution is 5.41. The van der Waals surface area contributed by atoms with E-state index < -0.39 is 0 Å². The van der Waals surface area contributed by atoms with Crippen molar-refractivity contribution in [1.82, 2.24) is 9.88 Å². The lowest BCUT2D eigenvalue weighted by atomic mass is 9.97. The fourth-order valence-electron chi connectivity index (χ4n) is 3.41. The maximum Gasteiger partial charge on any atom is 0.129 e. The molecule has 104 valence electrons. The molecule has 0 saturated carbocycles. The van der Waals surface area contributed by atoms with Gasteiger partial charge in [0.2, 0.25) is 0 Å². The Balaban J connectivity index is 1.79. The molecule has 2 unspecified atom stereocenters. The molecule has 4 nitrogen and oxygen atoms in total. The Morgan fingerprint density at radius 1 is 1.32 bits per heavy atom. The molecule has 2 aliphatic heterocycles. The number of hydrogen-bond donors (Lipinski definition) is 1. The zero-order chi connectivity index (χ0) is 13.2. The van der Waals surface area contributed by atoms with Crippen molar-refractivity contribution in [2.75, 3.05) is 24.5 Å². The van der Waals surface area contributed by atoms with Crippen LogP contribution in [-0.4, -0.2) is 41.6 Å². The molecule has 0 amide bonds. The van der Waals surface area contributed by atoms with Gasteiger partial charge in [-0.2, -0.15) is 0 Å². The Kier molecular flexibility index (Phi) is 3.71. The van der Waals surface area contributed by atoms with Crippen LogP contribution in [0.5, 0.6) is 0 Å². The van der Waals surface area contributed by atoms with E-state index in [0.717, 1.165) is 18.1 Å². The quantitative estimate of drug-likeness (QED) is 0.877. The van der Waals surface area contributed by atoms with Crippen molar-refractivity contribution in [1.29, 1.82) is 0 Å². The fraction of sp³-hybridized carbons (Fsp3) is 0.667. The molecule has 0 bridgehead atoms. The minimum atomic E-state index is 0.519. The molecule has 0 spiro atoms. The van der Waals surface area contributed by atoms with E-state index in [1.807, 2.05) is 6.07 Å². The molecule has 4 heteroatoms. The maximum atomic E-state index is 5.70. The smallest absolute Gasteiger partial charge is 0.129 e. The number of hydrogen-bond acceptors (Lipinski definition) is 4. The van der Waals surface area contributed by atoms with Gasteiger partial charge in [0.15, 0.2) is 0 Å². The summed E-state index contributed by atoms with van der Waals surface area (Å²) >= 11 is 0. The second kappa shape index (κ2) is 5.47. The van der Waals surface area contributed by atoms with Crippen LogP contribution in [0.3, 0.4) is 0 Å². The molecule has 0 aromatic carbocycles. The zero-order valence-electron chi connectivity index (χ0n) is 11.8. The second-order valence-electron chi connectivity index (χ2n) is 5.84. The van der Waals surface area contributed by atoms with Crippen LogP contribution in [0.4, 0.5) is 5.82 Å². The van der Waals surface area contributed by atoms with Gasteiger partial charge in [0.05, 0.1) is 5.69 Å². The number of piperidine rings is 1. The molecule has 1 aromatic heterocycles. The molecule has 2 saturated heterocycles. The lowest BCUT2D eigenvalue weighted by molar-refractivity contribution is 0.115. The Morgan fingerprint density at radius 3 is 3.05 bits per heavy atom. The van der Waals surface area contributed by atoms with Crippen LogP contribution in [0.2, 0.25) is 0 Å². The molecule has 0 radical (unpaired) electrons. The van der Waals surface area contributed by atoms with Gasteiger partial charge in [-0.3, -0.25) is 4.90 Å². The Morgan fingerprint density at radius 2 is 2.21 bits per heavy atom. The molecule has 1 aromatic rings. The lowest BCUT2D eigenvalue weighted by Gasteiger charge is -2.48. The summed E-state index contributed by atoms with van der Waals surface area (Å²) in [5.41, 5.74) is 6.68. The number of nitrogens with zero attached hydrogens (tertiary/aromatic N) is 3. The first-order valence-corrected chi connectivity index (χ1v) is 7.44. The van der Waals surface area contributed by atoms with Crippen molar-refractivity contribution < 1.29 is 0 Å². The van der Waals surface area contributed by atoms with E-state index in [9.17, 15) is 0 Å². The van der Waals surface area contributed by atoms with Gasteiger partial charge in [0.25, 0.3) is 0 Å². The summed E-state index contributed by atoms with van der Waals surface area (Å²) in [4.78, 5) is 9.81. The first kappa shape index (κ1) is 12.9. The normalized spacial score (nSPS) is 28.2. The largest absolute Gasteiger partial charge is 0.351 e. The van der Waals surface area contributed by atoms with E-state index in [-0.39, 0.29) is 0 Å². The van der Waals surface area contributed by atoms with Gasteiger partial charge in [-0.15, -0.1) is 0 Å². The summed E-state index contributed by atoms with van der Waals surface area (Å²) in [5, 5.41) is 0. The SMILES string of the molecule is CC1CN2CCCCC2CN1c1cccc(CN)n1. The highest BCUT2D eigenvalue weighted by Crippen LogP contribution is 2.27. The Hall–Kier alpha value is -1.13. The predicted octanol–water partition coefficient (Wildman–Crippen LogP) is 1.60. The van der Waals surface area contributed by atoms with Crippen LogP contribution in [0.25, 0.3) is 0 Å². The van der Waals surface area contributed by atoms with Crippen LogP contribution >= 0.6 is 0 Å². The van der Waals surface area contributed by atoms with Gasteiger partial charge < -0.3 is 10.6 Å². The molecule has 2 atom stereocenters. The van der Waals surface area contributed by atoms with Gasteiger partial charge in [0, 0.05) is 31.7 Å². The summed E-state index contributed by atoms with van der Waals surface area (Å²) in [6.45, 7) is 6.38. The summed E-state index contributed by atoms with van der Waals surface area (Å²) < 4.78 is 0. The average Bonchev–Trinajstić information content (AvgIpc) is 2.46. The van der Waals surface area contributed by atoms with Crippen LogP contribution in [0.15, 0.2) is 18.2 Å². The molecule has 2 aliphatic rings. The number of fused-ring (bicyclic) bond motifs is 1. The van der Waals surface area contributed by atoms with E-state index in [2.05, 4.69) is 33.8 Å². The van der Waals surface area contributed by atoms with E-state index in [0.29, 0.717) is 18.6 Å². The van der Waals surface area contributed by atoms with Crippen molar-refractivity contribution >= 4 is 5.82 Å². The first-order valence-electron chi connectivity index (χ1n) is 7.44. The van der Waals surface area contributed by atoms with Crippen molar-refractivity contribution in [2.45, 2.75) is 44.8 Å². The minimum absolute atomic E-state index is 0.519. The van der Waals surface area contributed by atoms with Gasteiger partial charge >= 0.3 is 0 Å². The third kappa shape index (κ3) is 2.60. The van der Waals surface area contributed by atoms with Gasteiger partial charge in [-0.05, 0) is 38.4 Å². The van der Waals surface area contributed by atoms with Crippen molar-refractivity contribution in [3.63, 3.8) is 0 Å². The molecule has 0 aliphatic carbocycles. The topological polar surface area (TPSA) is 45.4 Å². The van der Waals surface area contributed by atoms with Crippen molar-refractivity contribution in [2.24, 2.45) is 5.73 Å². The number of rotatable bonds is 2. The molecule has 19 heavy (non-hydrogen) atoms. The van der Waals surface area contributed by atoms with Crippen LogP contribution in [-0.2, 0) is 6.54 Å². The monoisotopic (exact) mass is 260 g/mol. The van der Waals surface area contributed by atoms with Gasteiger partial charge in [-0.1, -0.05) is 12.5 Å². The van der Waals surface area contributed by atoms with Crippen LogP contribution < -0.4 is 10.6 Å². The average molecular weight is 260 g/mol.